The summed E-state index contributed by atoms with van der Waals surface area (Å²) in [5, 5.41) is 0. The number of hydrogen-bond donors (Lipinski definition) is 0. The topological polar surface area (TPSA) is 9.23 Å². The molecule has 1 fully saturated rings. The van der Waals surface area contributed by atoms with Crippen molar-refractivity contribution in [2.75, 3.05) is 0 Å². The molecule has 0 radical (unpaired) electrons. The predicted octanol–water partition coefficient (Wildman–Crippen LogP) is 8.62. The maximum absolute atomic E-state index is 14.8. The first-order valence-electron chi connectivity index (χ1n) is 11.5. The molecule has 4 heteroatoms. The Morgan fingerprint density at radius 2 is 1.78 bits per heavy atom. The van der Waals surface area contributed by atoms with Gasteiger partial charge in [-0.2, -0.15) is 8.78 Å². The average molecular weight is 443 g/mol. The van der Waals surface area contributed by atoms with Gasteiger partial charge in [-0.3, -0.25) is 0 Å². The molecule has 1 aliphatic carbocycles. The molecule has 0 heterocycles. The summed E-state index contributed by atoms with van der Waals surface area (Å²) in [5.41, 5.74) is 1.84. The standard InChI is InChI=1S/C28H33F3O/c1-4-6-7-8-22-11-13-23(14-12-22)20(3)32-28(30,31)26-18-17-25(19-27(26)29)24-15-9-21(5-2)10-16-24/h4-6,11-14,17-21,24H,2,7-10,15-16H2,1,3H3/b6-4+. The first-order chi connectivity index (χ1) is 15.3. The molecule has 1 nitrogen and oxygen atoms in total. The molecule has 2 aromatic carbocycles. The molecule has 0 saturated heterocycles. The van der Waals surface area contributed by atoms with Gasteiger partial charge in [0.05, 0.1) is 11.7 Å². The highest BCUT2D eigenvalue weighted by molar-refractivity contribution is 5.30. The summed E-state index contributed by atoms with van der Waals surface area (Å²) in [4.78, 5) is 0. The zero-order valence-corrected chi connectivity index (χ0v) is 19.0. The molecule has 0 amide bonds. The van der Waals surface area contributed by atoms with Crippen LogP contribution in [0, 0.1) is 11.7 Å². The molecule has 1 unspecified atom stereocenters. The van der Waals surface area contributed by atoms with Crippen molar-refractivity contribution >= 4 is 0 Å². The van der Waals surface area contributed by atoms with Gasteiger partial charge in [0.25, 0.3) is 0 Å². The third-order valence-electron chi connectivity index (χ3n) is 6.49. The van der Waals surface area contributed by atoms with Gasteiger partial charge in [-0.15, -0.1) is 6.58 Å². The minimum absolute atomic E-state index is 0.203. The van der Waals surface area contributed by atoms with Crippen LogP contribution in [0.3, 0.4) is 0 Å². The van der Waals surface area contributed by atoms with Crippen molar-refractivity contribution in [2.24, 2.45) is 5.92 Å². The molecule has 1 atom stereocenters. The number of rotatable bonds is 9. The maximum atomic E-state index is 14.8. The largest absolute Gasteiger partial charge is 0.386 e. The van der Waals surface area contributed by atoms with E-state index in [2.05, 4.69) is 12.7 Å². The highest BCUT2D eigenvalue weighted by atomic mass is 19.3. The Balaban J connectivity index is 1.66. The highest BCUT2D eigenvalue weighted by Crippen LogP contribution is 2.40. The molecular formula is C28H33F3O. The number of aryl methyl sites for hydroxylation is 1. The lowest BCUT2D eigenvalue weighted by atomic mass is 9.78. The summed E-state index contributed by atoms with van der Waals surface area (Å²) >= 11 is 0. The Bertz CT molecular complexity index is 909. The van der Waals surface area contributed by atoms with Crippen molar-refractivity contribution in [1.29, 1.82) is 0 Å². The van der Waals surface area contributed by atoms with Crippen LogP contribution in [0.25, 0.3) is 0 Å². The van der Waals surface area contributed by atoms with E-state index >= 15 is 0 Å². The molecule has 32 heavy (non-hydrogen) atoms. The van der Waals surface area contributed by atoms with Crippen LogP contribution in [0.5, 0.6) is 0 Å². The smallest absolute Gasteiger partial charge is 0.309 e. The number of alkyl halides is 2. The van der Waals surface area contributed by atoms with E-state index in [-0.39, 0.29) is 5.92 Å². The Labute approximate surface area is 190 Å². The van der Waals surface area contributed by atoms with Gasteiger partial charge in [-0.25, -0.2) is 4.39 Å². The van der Waals surface area contributed by atoms with E-state index in [4.69, 9.17) is 4.74 Å². The summed E-state index contributed by atoms with van der Waals surface area (Å²) in [6.07, 6.45) is 7.15. The Hall–Kier alpha value is -2.33. The zero-order chi connectivity index (χ0) is 23.1. The quantitative estimate of drug-likeness (QED) is 0.353. The Morgan fingerprint density at radius 1 is 1.09 bits per heavy atom. The van der Waals surface area contributed by atoms with Crippen LogP contribution in [0.1, 0.15) is 80.2 Å². The van der Waals surface area contributed by atoms with Crippen LogP contribution in [0.4, 0.5) is 13.2 Å². The second kappa shape index (κ2) is 11.0. The third kappa shape index (κ3) is 6.13. The summed E-state index contributed by atoms with van der Waals surface area (Å²) < 4.78 is 49.4. The molecule has 1 aliphatic rings. The summed E-state index contributed by atoms with van der Waals surface area (Å²) in [6, 6.07) is 11.5. The fourth-order valence-electron chi connectivity index (χ4n) is 4.44. The van der Waals surface area contributed by atoms with Crippen molar-refractivity contribution in [1.82, 2.24) is 0 Å². The molecule has 1 saturated carbocycles. The number of halogens is 3. The number of allylic oxidation sites excluding steroid dienone is 3. The van der Waals surface area contributed by atoms with Crippen molar-refractivity contribution in [3.63, 3.8) is 0 Å². The Kier molecular flexibility index (Phi) is 8.36. The molecular weight excluding hydrogens is 409 g/mol. The van der Waals surface area contributed by atoms with Crippen molar-refractivity contribution in [3.05, 3.63) is 95.3 Å². The fourth-order valence-corrected chi connectivity index (χ4v) is 4.44. The van der Waals surface area contributed by atoms with Gasteiger partial charge >= 0.3 is 6.11 Å². The molecule has 0 N–H and O–H groups in total. The van der Waals surface area contributed by atoms with E-state index in [1.54, 1.807) is 25.1 Å². The van der Waals surface area contributed by atoms with E-state index in [0.29, 0.717) is 11.5 Å². The molecule has 0 spiro atoms. The first kappa shape index (κ1) is 24.3. The van der Waals surface area contributed by atoms with Gasteiger partial charge in [0.1, 0.15) is 5.82 Å². The minimum Gasteiger partial charge on any atom is -0.309 e. The van der Waals surface area contributed by atoms with Crippen molar-refractivity contribution in [2.45, 2.75) is 70.5 Å². The minimum atomic E-state index is -3.72. The summed E-state index contributed by atoms with van der Waals surface area (Å²) in [6.45, 7) is 7.38. The molecule has 2 aromatic rings. The first-order valence-corrected chi connectivity index (χ1v) is 11.5. The zero-order valence-electron chi connectivity index (χ0n) is 19.0. The van der Waals surface area contributed by atoms with Crippen LogP contribution >= 0.6 is 0 Å². The molecule has 0 bridgehead atoms. The number of hydrogen-bond acceptors (Lipinski definition) is 1. The van der Waals surface area contributed by atoms with Crippen molar-refractivity contribution < 1.29 is 17.9 Å². The van der Waals surface area contributed by atoms with Crippen LogP contribution in [0.15, 0.2) is 67.3 Å². The van der Waals surface area contributed by atoms with Crippen LogP contribution in [-0.4, -0.2) is 0 Å². The lowest BCUT2D eigenvalue weighted by Gasteiger charge is -2.28. The summed E-state index contributed by atoms with van der Waals surface area (Å²) in [7, 11) is 0. The second-order valence-corrected chi connectivity index (χ2v) is 8.71. The summed E-state index contributed by atoms with van der Waals surface area (Å²) in [5.74, 6) is -0.212. The SMILES string of the molecule is C=CC1CCC(c2ccc(C(F)(F)OC(C)c3ccc(CC/C=C/C)cc3)c(F)c2)CC1. The normalized spacial score (nSPS) is 20.4. The van der Waals surface area contributed by atoms with Gasteiger partial charge in [0.15, 0.2) is 0 Å². The second-order valence-electron chi connectivity index (χ2n) is 8.71. The monoisotopic (exact) mass is 442 g/mol. The number of ether oxygens (including phenoxy) is 1. The van der Waals surface area contributed by atoms with Crippen LogP contribution in [-0.2, 0) is 17.3 Å². The van der Waals surface area contributed by atoms with Gasteiger partial charge < -0.3 is 4.74 Å². The van der Waals surface area contributed by atoms with Gasteiger partial charge in [0, 0.05) is 0 Å². The third-order valence-corrected chi connectivity index (χ3v) is 6.49. The van der Waals surface area contributed by atoms with E-state index in [9.17, 15) is 13.2 Å². The average Bonchev–Trinajstić information content (AvgIpc) is 2.79. The molecule has 3 rings (SSSR count). The lowest BCUT2D eigenvalue weighted by Crippen LogP contribution is -2.22. The van der Waals surface area contributed by atoms with Crippen LogP contribution in [0.2, 0.25) is 0 Å². The molecule has 0 aliphatic heterocycles. The van der Waals surface area contributed by atoms with Gasteiger partial charge in [0.2, 0.25) is 0 Å². The van der Waals surface area contributed by atoms with E-state index in [1.165, 1.54) is 12.1 Å². The predicted molar refractivity (Wildman–Crippen MR) is 124 cm³/mol. The van der Waals surface area contributed by atoms with Gasteiger partial charge in [-0.1, -0.05) is 48.6 Å². The lowest BCUT2D eigenvalue weighted by molar-refractivity contribution is -0.273. The fraction of sp³-hybridized carbons (Fsp3) is 0.429. The highest BCUT2D eigenvalue weighted by Gasteiger charge is 2.38. The number of benzene rings is 2. The van der Waals surface area contributed by atoms with Crippen LogP contribution < -0.4 is 0 Å². The maximum Gasteiger partial charge on any atom is 0.386 e. The van der Waals surface area contributed by atoms with E-state index < -0.39 is 23.6 Å². The van der Waals surface area contributed by atoms with Crippen molar-refractivity contribution in [3.8, 4) is 0 Å². The van der Waals surface area contributed by atoms with E-state index in [1.807, 2.05) is 31.2 Å². The molecule has 172 valence electrons. The van der Waals surface area contributed by atoms with Gasteiger partial charge in [-0.05, 0) is 93.0 Å². The molecule has 0 aromatic heterocycles. The van der Waals surface area contributed by atoms with E-state index in [0.717, 1.165) is 49.7 Å². The Morgan fingerprint density at radius 3 is 2.38 bits per heavy atom.